The van der Waals surface area contributed by atoms with Crippen LogP contribution in [0.1, 0.15) is 37.9 Å². The number of carbonyl (C=O) groups is 1. The van der Waals surface area contributed by atoms with Crippen LogP contribution in [-0.4, -0.2) is 12.5 Å². The second-order valence-corrected chi connectivity index (χ2v) is 6.25. The summed E-state index contributed by atoms with van der Waals surface area (Å²) >= 11 is 0. The molecule has 2 rings (SSSR count). The van der Waals surface area contributed by atoms with Crippen molar-refractivity contribution in [2.45, 2.75) is 33.2 Å². The van der Waals surface area contributed by atoms with E-state index >= 15 is 0 Å². The zero-order valence-electron chi connectivity index (χ0n) is 14.5. The largest absolute Gasteiger partial charge is 0.325 e. The van der Waals surface area contributed by atoms with Crippen LogP contribution in [0.2, 0.25) is 0 Å². The summed E-state index contributed by atoms with van der Waals surface area (Å²) in [7, 11) is 0. The van der Waals surface area contributed by atoms with E-state index in [2.05, 4.69) is 31.4 Å². The van der Waals surface area contributed by atoms with Crippen molar-refractivity contribution in [2.24, 2.45) is 5.92 Å². The van der Waals surface area contributed by atoms with Gasteiger partial charge < -0.3 is 10.6 Å². The van der Waals surface area contributed by atoms with Crippen LogP contribution in [0.5, 0.6) is 0 Å². The molecule has 0 saturated heterocycles. The van der Waals surface area contributed by atoms with Crippen LogP contribution in [0.15, 0.2) is 48.5 Å². The summed E-state index contributed by atoms with van der Waals surface area (Å²) in [5, 5.41) is 6.15. The standard InChI is InChI=1S/C20H25FN2O/c1-4-15-5-11-18(12-6-15)23-19(24)13-22-20(14(2)3)16-7-9-17(21)10-8-16/h5-12,14,20,22H,4,13H2,1-3H3,(H,23,24)/t20-/m1/s1. The molecule has 0 aromatic heterocycles. The van der Waals surface area contributed by atoms with Crippen LogP contribution < -0.4 is 10.6 Å². The van der Waals surface area contributed by atoms with E-state index in [1.54, 1.807) is 12.1 Å². The molecule has 24 heavy (non-hydrogen) atoms. The molecule has 0 fully saturated rings. The molecule has 3 nitrogen and oxygen atoms in total. The minimum atomic E-state index is -0.255. The maximum atomic E-state index is 13.1. The summed E-state index contributed by atoms with van der Waals surface area (Å²) in [6.07, 6.45) is 0.976. The third kappa shape index (κ3) is 5.17. The molecular formula is C20H25FN2O. The van der Waals surface area contributed by atoms with E-state index < -0.39 is 0 Å². The minimum absolute atomic E-state index is 0.00110. The summed E-state index contributed by atoms with van der Waals surface area (Å²) in [4.78, 5) is 12.1. The van der Waals surface area contributed by atoms with Gasteiger partial charge in [0.1, 0.15) is 5.82 Å². The lowest BCUT2D eigenvalue weighted by Crippen LogP contribution is -2.33. The molecule has 2 aromatic rings. The molecule has 0 aliphatic rings. The van der Waals surface area contributed by atoms with Crippen LogP contribution in [-0.2, 0) is 11.2 Å². The minimum Gasteiger partial charge on any atom is -0.325 e. The SMILES string of the molecule is CCc1ccc(NC(=O)CN[C@@H](c2ccc(F)cc2)C(C)C)cc1. The molecule has 0 unspecified atom stereocenters. The van der Waals surface area contributed by atoms with Gasteiger partial charge in [-0.25, -0.2) is 4.39 Å². The van der Waals surface area contributed by atoms with Gasteiger partial charge in [0, 0.05) is 11.7 Å². The van der Waals surface area contributed by atoms with Gasteiger partial charge in [0.05, 0.1) is 6.54 Å². The molecule has 0 saturated carbocycles. The quantitative estimate of drug-likeness (QED) is 0.795. The number of aryl methyl sites for hydroxylation is 1. The third-order valence-corrected chi connectivity index (χ3v) is 4.02. The maximum Gasteiger partial charge on any atom is 0.238 e. The summed E-state index contributed by atoms with van der Waals surface area (Å²) in [6, 6.07) is 14.3. The fourth-order valence-electron chi connectivity index (χ4n) is 2.64. The van der Waals surface area contributed by atoms with E-state index in [0.717, 1.165) is 17.7 Å². The van der Waals surface area contributed by atoms with Crippen molar-refractivity contribution in [2.75, 3.05) is 11.9 Å². The highest BCUT2D eigenvalue weighted by atomic mass is 19.1. The van der Waals surface area contributed by atoms with Gasteiger partial charge in [0.15, 0.2) is 0 Å². The van der Waals surface area contributed by atoms with Gasteiger partial charge in [-0.3, -0.25) is 4.79 Å². The second kappa shape index (κ2) is 8.60. The van der Waals surface area contributed by atoms with Crippen LogP contribution >= 0.6 is 0 Å². The molecule has 2 N–H and O–H groups in total. The van der Waals surface area contributed by atoms with E-state index in [9.17, 15) is 9.18 Å². The van der Waals surface area contributed by atoms with Crippen LogP contribution in [0, 0.1) is 11.7 Å². The molecule has 0 heterocycles. The Morgan fingerprint density at radius 2 is 1.67 bits per heavy atom. The second-order valence-electron chi connectivity index (χ2n) is 6.25. The molecule has 2 aromatic carbocycles. The Kier molecular flexibility index (Phi) is 6.50. The first-order valence-electron chi connectivity index (χ1n) is 8.37. The molecule has 0 bridgehead atoms. The maximum absolute atomic E-state index is 13.1. The Labute approximate surface area is 143 Å². The normalized spacial score (nSPS) is 12.2. The van der Waals surface area contributed by atoms with E-state index in [0.29, 0.717) is 0 Å². The highest BCUT2D eigenvalue weighted by molar-refractivity contribution is 5.92. The van der Waals surface area contributed by atoms with Gasteiger partial charge >= 0.3 is 0 Å². The molecule has 0 spiro atoms. The Morgan fingerprint density at radius 3 is 2.21 bits per heavy atom. The van der Waals surface area contributed by atoms with Gasteiger partial charge in [0.2, 0.25) is 5.91 Å². The summed E-state index contributed by atoms with van der Waals surface area (Å²) in [5.41, 5.74) is 3.01. The Morgan fingerprint density at radius 1 is 1.04 bits per heavy atom. The Bertz CT molecular complexity index is 650. The van der Waals surface area contributed by atoms with Crippen LogP contribution in [0.25, 0.3) is 0 Å². The van der Waals surface area contributed by atoms with Gasteiger partial charge in [0.25, 0.3) is 0 Å². The molecular weight excluding hydrogens is 303 g/mol. The Hall–Kier alpha value is -2.20. The first-order chi connectivity index (χ1) is 11.5. The predicted octanol–water partition coefficient (Wildman–Crippen LogP) is 4.31. The van der Waals surface area contributed by atoms with Crippen molar-refractivity contribution in [3.63, 3.8) is 0 Å². The molecule has 1 atom stereocenters. The third-order valence-electron chi connectivity index (χ3n) is 4.02. The van der Waals surface area contributed by atoms with Crippen molar-refractivity contribution in [1.82, 2.24) is 5.32 Å². The van der Waals surface area contributed by atoms with E-state index in [-0.39, 0.29) is 30.2 Å². The van der Waals surface area contributed by atoms with Crippen molar-refractivity contribution >= 4 is 11.6 Å². The molecule has 0 aliphatic heterocycles. The summed E-state index contributed by atoms with van der Waals surface area (Å²) < 4.78 is 13.1. The lowest BCUT2D eigenvalue weighted by molar-refractivity contribution is -0.115. The number of rotatable bonds is 7. The smallest absolute Gasteiger partial charge is 0.238 e. The molecule has 4 heteroatoms. The van der Waals surface area contributed by atoms with Gasteiger partial charge in [-0.05, 0) is 47.7 Å². The average molecular weight is 328 g/mol. The average Bonchev–Trinajstić information content (AvgIpc) is 2.57. The first-order valence-corrected chi connectivity index (χ1v) is 8.37. The number of anilines is 1. The lowest BCUT2D eigenvalue weighted by atomic mass is 9.96. The van der Waals surface area contributed by atoms with E-state index in [4.69, 9.17) is 0 Å². The van der Waals surface area contributed by atoms with Crippen molar-refractivity contribution in [3.8, 4) is 0 Å². The number of hydrogen-bond donors (Lipinski definition) is 2. The molecule has 128 valence electrons. The fourth-order valence-corrected chi connectivity index (χ4v) is 2.64. The van der Waals surface area contributed by atoms with E-state index in [1.807, 2.05) is 24.3 Å². The summed E-state index contributed by atoms with van der Waals surface area (Å²) in [6.45, 7) is 6.44. The van der Waals surface area contributed by atoms with Crippen molar-refractivity contribution < 1.29 is 9.18 Å². The first kappa shape index (κ1) is 18.1. The molecule has 0 aliphatic carbocycles. The highest BCUT2D eigenvalue weighted by Gasteiger charge is 2.16. The van der Waals surface area contributed by atoms with E-state index in [1.165, 1.54) is 17.7 Å². The predicted molar refractivity (Wildman–Crippen MR) is 96.4 cm³/mol. The highest BCUT2D eigenvalue weighted by Crippen LogP contribution is 2.21. The fraction of sp³-hybridized carbons (Fsp3) is 0.350. The number of amides is 1. The lowest BCUT2D eigenvalue weighted by Gasteiger charge is -2.22. The molecule has 1 amide bonds. The van der Waals surface area contributed by atoms with Gasteiger partial charge in [-0.2, -0.15) is 0 Å². The number of nitrogens with one attached hydrogen (secondary N) is 2. The topological polar surface area (TPSA) is 41.1 Å². The zero-order chi connectivity index (χ0) is 17.5. The number of benzene rings is 2. The zero-order valence-corrected chi connectivity index (χ0v) is 14.5. The van der Waals surface area contributed by atoms with Crippen molar-refractivity contribution in [3.05, 3.63) is 65.5 Å². The summed E-state index contributed by atoms with van der Waals surface area (Å²) in [5.74, 6) is -0.0614. The van der Waals surface area contributed by atoms with Crippen molar-refractivity contribution in [1.29, 1.82) is 0 Å². The van der Waals surface area contributed by atoms with Gasteiger partial charge in [-0.1, -0.05) is 45.0 Å². The monoisotopic (exact) mass is 328 g/mol. The Balaban J connectivity index is 1.93. The van der Waals surface area contributed by atoms with Crippen LogP contribution in [0.3, 0.4) is 0 Å². The van der Waals surface area contributed by atoms with Crippen LogP contribution in [0.4, 0.5) is 10.1 Å². The van der Waals surface area contributed by atoms with Gasteiger partial charge in [-0.15, -0.1) is 0 Å². The number of halogens is 1. The number of carbonyl (C=O) groups excluding carboxylic acids is 1. The molecule has 0 radical (unpaired) electrons. The number of hydrogen-bond acceptors (Lipinski definition) is 2.